The number of rotatable bonds is 7. The number of carbonyl (C=O) groups is 2. The molecule has 23 heavy (non-hydrogen) atoms. The summed E-state index contributed by atoms with van der Waals surface area (Å²) in [7, 11) is 0. The lowest BCUT2D eigenvalue weighted by atomic mass is 10.1. The molecule has 0 saturated carbocycles. The van der Waals surface area contributed by atoms with E-state index < -0.39 is 0 Å². The Balaban J connectivity index is 1.98. The summed E-state index contributed by atoms with van der Waals surface area (Å²) in [6, 6.07) is 8.03. The van der Waals surface area contributed by atoms with Crippen molar-refractivity contribution in [3.8, 4) is 0 Å². The topological polar surface area (TPSA) is 75.4 Å². The van der Waals surface area contributed by atoms with E-state index in [-0.39, 0.29) is 30.2 Å². The van der Waals surface area contributed by atoms with Gasteiger partial charge in [-0.3, -0.25) is 9.59 Å². The van der Waals surface area contributed by atoms with Crippen LogP contribution in [0, 0.1) is 5.92 Å². The van der Waals surface area contributed by atoms with Crippen LogP contribution in [0.1, 0.15) is 38.7 Å². The molecule has 2 atom stereocenters. The van der Waals surface area contributed by atoms with Gasteiger partial charge in [0.1, 0.15) is 0 Å². The van der Waals surface area contributed by atoms with E-state index in [1.807, 2.05) is 19.1 Å². The SMILES string of the molecule is CCCCc1ccc(N2CC(C(=O)N[C@@H](C)CN)CC2=O)cc1. The first-order valence-corrected chi connectivity index (χ1v) is 8.44. The van der Waals surface area contributed by atoms with Crippen LogP contribution in [-0.2, 0) is 16.0 Å². The third-order valence-corrected chi connectivity index (χ3v) is 4.31. The van der Waals surface area contributed by atoms with Crippen molar-refractivity contribution in [1.29, 1.82) is 0 Å². The lowest BCUT2D eigenvalue weighted by molar-refractivity contribution is -0.126. The Kier molecular flexibility index (Phi) is 6.16. The van der Waals surface area contributed by atoms with E-state index in [4.69, 9.17) is 5.73 Å². The average Bonchev–Trinajstić information content (AvgIpc) is 2.95. The molecule has 1 aromatic carbocycles. The molecule has 126 valence electrons. The number of amides is 2. The molecule has 2 amide bonds. The molecule has 1 saturated heterocycles. The quantitative estimate of drug-likeness (QED) is 0.806. The summed E-state index contributed by atoms with van der Waals surface area (Å²) in [6.45, 7) is 4.88. The van der Waals surface area contributed by atoms with Gasteiger partial charge in [-0.2, -0.15) is 0 Å². The van der Waals surface area contributed by atoms with E-state index in [1.54, 1.807) is 4.90 Å². The highest BCUT2D eigenvalue weighted by molar-refractivity contribution is 6.00. The summed E-state index contributed by atoms with van der Waals surface area (Å²) in [5.41, 5.74) is 7.68. The van der Waals surface area contributed by atoms with Gasteiger partial charge < -0.3 is 16.0 Å². The molecule has 3 N–H and O–H groups in total. The number of unbranched alkanes of at least 4 members (excludes halogenated alkanes) is 1. The summed E-state index contributed by atoms with van der Waals surface area (Å²) in [5, 5.41) is 2.85. The van der Waals surface area contributed by atoms with E-state index in [9.17, 15) is 9.59 Å². The second-order valence-corrected chi connectivity index (χ2v) is 6.32. The van der Waals surface area contributed by atoms with E-state index >= 15 is 0 Å². The maximum Gasteiger partial charge on any atom is 0.227 e. The molecule has 5 heteroatoms. The third-order valence-electron chi connectivity index (χ3n) is 4.31. The minimum atomic E-state index is -0.295. The summed E-state index contributed by atoms with van der Waals surface area (Å²) >= 11 is 0. The fourth-order valence-electron chi connectivity index (χ4n) is 2.78. The van der Waals surface area contributed by atoms with Crippen LogP contribution in [0.4, 0.5) is 5.69 Å². The van der Waals surface area contributed by atoms with Gasteiger partial charge in [0, 0.05) is 31.2 Å². The molecule has 5 nitrogen and oxygen atoms in total. The van der Waals surface area contributed by atoms with Crippen LogP contribution < -0.4 is 16.0 Å². The Morgan fingerprint density at radius 3 is 2.70 bits per heavy atom. The van der Waals surface area contributed by atoms with Gasteiger partial charge in [0.15, 0.2) is 0 Å². The summed E-state index contributed by atoms with van der Waals surface area (Å²) < 4.78 is 0. The third kappa shape index (κ3) is 4.55. The van der Waals surface area contributed by atoms with Gasteiger partial charge in [-0.25, -0.2) is 0 Å². The van der Waals surface area contributed by atoms with Crippen molar-refractivity contribution in [2.45, 2.75) is 45.6 Å². The number of anilines is 1. The summed E-state index contributed by atoms with van der Waals surface area (Å²) in [4.78, 5) is 26.1. The van der Waals surface area contributed by atoms with E-state index in [0.29, 0.717) is 13.1 Å². The van der Waals surface area contributed by atoms with Crippen LogP contribution in [-0.4, -0.2) is 30.9 Å². The van der Waals surface area contributed by atoms with Gasteiger partial charge in [0.2, 0.25) is 11.8 Å². The van der Waals surface area contributed by atoms with Gasteiger partial charge in [0.05, 0.1) is 5.92 Å². The smallest absolute Gasteiger partial charge is 0.227 e. The molecule has 1 unspecified atom stereocenters. The zero-order valence-electron chi connectivity index (χ0n) is 14.0. The molecule has 1 aliphatic heterocycles. The minimum Gasteiger partial charge on any atom is -0.352 e. The number of aryl methyl sites for hydroxylation is 1. The predicted octanol–water partition coefficient (Wildman–Crippen LogP) is 1.85. The second-order valence-electron chi connectivity index (χ2n) is 6.32. The van der Waals surface area contributed by atoms with Crippen LogP contribution in [0.5, 0.6) is 0 Å². The normalized spacial score (nSPS) is 19.0. The minimum absolute atomic E-state index is 0.00635. The molecule has 0 aliphatic carbocycles. The Morgan fingerprint density at radius 1 is 1.39 bits per heavy atom. The Bertz CT molecular complexity index is 542. The van der Waals surface area contributed by atoms with Crippen LogP contribution in [0.25, 0.3) is 0 Å². The molecule has 1 aromatic rings. The predicted molar refractivity (Wildman–Crippen MR) is 92.2 cm³/mol. The van der Waals surface area contributed by atoms with E-state index in [2.05, 4.69) is 24.4 Å². The molecule has 1 aliphatic rings. The molecule has 1 fully saturated rings. The van der Waals surface area contributed by atoms with Gasteiger partial charge in [-0.15, -0.1) is 0 Å². The Labute approximate surface area is 138 Å². The summed E-state index contributed by atoms with van der Waals surface area (Å²) in [6.07, 6.45) is 3.67. The highest BCUT2D eigenvalue weighted by Crippen LogP contribution is 2.26. The first kappa shape index (κ1) is 17.5. The highest BCUT2D eigenvalue weighted by Gasteiger charge is 2.35. The standard InChI is InChI=1S/C18H27N3O2/c1-3-4-5-14-6-8-16(9-7-14)21-12-15(10-17(21)22)18(23)20-13(2)11-19/h6-9,13,15H,3-5,10-12,19H2,1-2H3,(H,20,23)/t13-,15?/m0/s1. The van der Waals surface area contributed by atoms with Gasteiger partial charge in [0.25, 0.3) is 0 Å². The van der Waals surface area contributed by atoms with Gasteiger partial charge in [-0.1, -0.05) is 25.5 Å². The van der Waals surface area contributed by atoms with Crippen molar-refractivity contribution in [3.05, 3.63) is 29.8 Å². The fraction of sp³-hybridized carbons (Fsp3) is 0.556. The second kappa shape index (κ2) is 8.11. The first-order chi connectivity index (χ1) is 11.0. The van der Waals surface area contributed by atoms with Crippen molar-refractivity contribution in [2.24, 2.45) is 11.7 Å². The van der Waals surface area contributed by atoms with E-state index in [0.717, 1.165) is 12.1 Å². The van der Waals surface area contributed by atoms with E-state index in [1.165, 1.54) is 18.4 Å². The van der Waals surface area contributed by atoms with Gasteiger partial charge in [-0.05, 0) is 37.5 Å². The largest absolute Gasteiger partial charge is 0.352 e. The number of nitrogens with zero attached hydrogens (tertiary/aromatic N) is 1. The lowest BCUT2D eigenvalue weighted by Crippen LogP contribution is -2.41. The number of hydrogen-bond donors (Lipinski definition) is 2. The molecule has 0 radical (unpaired) electrons. The average molecular weight is 317 g/mol. The maximum atomic E-state index is 12.2. The number of nitrogens with one attached hydrogen (secondary N) is 1. The molecule has 2 rings (SSSR count). The Morgan fingerprint density at radius 2 is 2.09 bits per heavy atom. The lowest BCUT2D eigenvalue weighted by Gasteiger charge is -2.18. The first-order valence-electron chi connectivity index (χ1n) is 8.44. The fourth-order valence-corrected chi connectivity index (χ4v) is 2.78. The van der Waals surface area contributed by atoms with Crippen molar-refractivity contribution in [2.75, 3.05) is 18.0 Å². The molecule has 0 spiro atoms. The maximum absolute atomic E-state index is 12.2. The molecule has 1 heterocycles. The van der Waals surface area contributed by atoms with Crippen LogP contribution in [0.2, 0.25) is 0 Å². The van der Waals surface area contributed by atoms with Gasteiger partial charge >= 0.3 is 0 Å². The zero-order valence-corrected chi connectivity index (χ0v) is 14.0. The Hall–Kier alpha value is -1.88. The monoisotopic (exact) mass is 317 g/mol. The number of carbonyl (C=O) groups excluding carboxylic acids is 2. The van der Waals surface area contributed by atoms with Crippen molar-refractivity contribution in [1.82, 2.24) is 5.32 Å². The highest BCUT2D eigenvalue weighted by atomic mass is 16.2. The van der Waals surface area contributed by atoms with Crippen LogP contribution in [0.3, 0.4) is 0 Å². The molecular formula is C18H27N3O2. The zero-order chi connectivity index (χ0) is 16.8. The number of hydrogen-bond acceptors (Lipinski definition) is 3. The van der Waals surface area contributed by atoms with Crippen LogP contribution in [0.15, 0.2) is 24.3 Å². The number of benzene rings is 1. The van der Waals surface area contributed by atoms with Crippen molar-refractivity contribution in [3.63, 3.8) is 0 Å². The molecule has 0 aromatic heterocycles. The van der Waals surface area contributed by atoms with Crippen LogP contribution >= 0.6 is 0 Å². The molecular weight excluding hydrogens is 290 g/mol. The van der Waals surface area contributed by atoms with Crippen molar-refractivity contribution < 1.29 is 9.59 Å². The number of nitrogens with two attached hydrogens (primary N) is 1. The van der Waals surface area contributed by atoms with Crippen molar-refractivity contribution >= 4 is 17.5 Å². The summed E-state index contributed by atoms with van der Waals surface area (Å²) in [5.74, 6) is -0.374. The molecule has 0 bridgehead atoms.